The zero-order valence-corrected chi connectivity index (χ0v) is 13.5. The van der Waals surface area contributed by atoms with E-state index in [-0.39, 0.29) is 0 Å². The highest BCUT2D eigenvalue weighted by Crippen LogP contribution is 2.06. The Bertz CT molecular complexity index is 692. The minimum atomic E-state index is -0.416. The van der Waals surface area contributed by atoms with Crippen LogP contribution in [0.25, 0.3) is 0 Å². The van der Waals surface area contributed by atoms with Crippen LogP contribution in [0.15, 0.2) is 53.5 Å². The van der Waals surface area contributed by atoms with E-state index in [4.69, 9.17) is 5.73 Å². The number of aliphatic imine (C=N–C) groups is 1. The molecule has 0 unspecified atom stereocenters. The second-order valence-electron chi connectivity index (χ2n) is 5.27. The molecule has 5 heteroatoms. The van der Waals surface area contributed by atoms with E-state index in [1.165, 1.54) is 11.1 Å². The summed E-state index contributed by atoms with van der Waals surface area (Å²) in [6.45, 7) is 3.42. The fraction of sp³-hybridized carbons (Fsp3) is 0.222. The molecule has 120 valence electrons. The van der Waals surface area contributed by atoms with E-state index in [2.05, 4.69) is 34.7 Å². The molecular weight excluding hydrogens is 288 g/mol. The minimum Gasteiger partial charge on any atom is -0.366 e. The number of hydrogen-bond acceptors (Lipinski definition) is 2. The quantitative estimate of drug-likeness (QED) is 0.583. The van der Waals surface area contributed by atoms with Gasteiger partial charge in [0.15, 0.2) is 5.96 Å². The number of amides is 1. The van der Waals surface area contributed by atoms with Crippen molar-refractivity contribution in [1.82, 2.24) is 10.6 Å². The largest absolute Gasteiger partial charge is 0.366 e. The number of nitrogens with one attached hydrogen (secondary N) is 2. The lowest BCUT2D eigenvalue weighted by atomic mass is 10.1. The van der Waals surface area contributed by atoms with E-state index in [0.717, 1.165) is 11.5 Å². The van der Waals surface area contributed by atoms with E-state index in [0.29, 0.717) is 18.7 Å². The van der Waals surface area contributed by atoms with Gasteiger partial charge >= 0.3 is 0 Å². The number of hydrogen-bond donors (Lipinski definition) is 3. The highest BCUT2D eigenvalue weighted by molar-refractivity contribution is 5.92. The molecule has 0 aliphatic carbocycles. The maximum absolute atomic E-state index is 11.0. The first-order valence-electron chi connectivity index (χ1n) is 7.48. The normalized spacial score (nSPS) is 11.1. The molecule has 2 aromatic carbocycles. The van der Waals surface area contributed by atoms with Gasteiger partial charge in [-0.15, -0.1) is 0 Å². The Morgan fingerprint density at radius 2 is 1.70 bits per heavy atom. The highest BCUT2D eigenvalue weighted by Gasteiger charge is 2.02. The van der Waals surface area contributed by atoms with Gasteiger partial charge in [0.2, 0.25) is 5.91 Å². The highest BCUT2D eigenvalue weighted by atomic mass is 16.1. The van der Waals surface area contributed by atoms with E-state index in [1.807, 2.05) is 24.3 Å². The molecule has 0 heterocycles. The molecule has 2 aromatic rings. The minimum absolute atomic E-state index is 0.416. The summed E-state index contributed by atoms with van der Waals surface area (Å²) in [5, 5.41) is 6.54. The molecule has 0 radical (unpaired) electrons. The summed E-state index contributed by atoms with van der Waals surface area (Å²) in [5.41, 5.74) is 9.28. The van der Waals surface area contributed by atoms with Crippen LogP contribution in [0.5, 0.6) is 0 Å². The van der Waals surface area contributed by atoms with Crippen molar-refractivity contribution in [1.29, 1.82) is 0 Å². The van der Waals surface area contributed by atoms with E-state index < -0.39 is 5.91 Å². The SMILES string of the molecule is CN=C(NCc1ccc(C(N)=O)cc1)NCc1ccccc1C. The van der Waals surface area contributed by atoms with Gasteiger partial charge in [-0.25, -0.2) is 0 Å². The van der Waals surface area contributed by atoms with Crippen LogP contribution < -0.4 is 16.4 Å². The summed E-state index contributed by atoms with van der Waals surface area (Å²) in [6, 6.07) is 15.4. The van der Waals surface area contributed by atoms with E-state index in [9.17, 15) is 4.79 Å². The molecule has 0 aliphatic rings. The fourth-order valence-electron chi connectivity index (χ4n) is 2.18. The number of benzene rings is 2. The summed E-state index contributed by atoms with van der Waals surface area (Å²) in [6.07, 6.45) is 0. The number of nitrogens with zero attached hydrogens (tertiary/aromatic N) is 1. The van der Waals surface area contributed by atoms with Crippen molar-refractivity contribution >= 4 is 11.9 Å². The van der Waals surface area contributed by atoms with Crippen LogP contribution in [0.4, 0.5) is 0 Å². The summed E-state index contributed by atoms with van der Waals surface area (Å²) in [4.78, 5) is 15.3. The van der Waals surface area contributed by atoms with Gasteiger partial charge in [0.05, 0.1) is 0 Å². The lowest BCUT2D eigenvalue weighted by Gasteiger charge is -2.13. The molecule has 4 N–H and O–H groups in total. The van der Waals surface area contributed by atoms with Crippen molar-refractivity contribution in [3.63, 3.8) is 0 Å². The average molecular weight is 310 g/mol. The third-order valence-electron chi connectivity index (χ3n) is 3.63. The molecule has 0 aromatic heterocycles. The van der Waals surface area contributed by atoms with Crippen molar-refractivity contribution in [3.8, 4) is 0 Å². The van der Waals surface area contributed by atoms with Gasteiger partial charge in [0.25, 0.3) is 0 Å². The molecule has 0 bridgehead atoms. The topological polar surface area (TPSA) is 79.5 Å². The first-order valence-corrected chi connectivity index (χ1v) is 7.48. The second-order valence-corrected chi connectivity index (χ2v) is 5.27. The van der Waals surface area contributed by atoms with Crippen molar-refractivity contribution < 1.29 is 4.79 Å². The Morgan fingerprint density at radius 1 is 1.04 bits per heavy atom. The van der Waals surface area contributed by atoms with Gasteiger partial charge in [-0.1, -0.05) is 36.4 Å². The number of carbonyl (C=O) groups excluding carboxylic acids is 1. The molecule has 2 rings (SSSR count). The molecule has 0 saturated carbocycles. The summed E-state index contributed by atoms with van der Waals surface area (Å²) in [7, 11) is 1.74. The first-order chi connectivity index (χ1) is 11.1. The van der Waals surface area contributed by atoms with Gasteiger partial charge < -0.3 is 16.4 Å². The van der Waals surface area contributed by atoms with Crippen LogP contribution >= 0.6 is 0 Å². The molecule has 0 aliphatic heterocycles. The van der Waals surface area contributed by atoms with Gasteiger partial charge in [-0.05, 0) is 35.7 Å². The molecule has 5 nitrogen and oxygen atoms in total. The Hall–Kier alpha value is -2.82. The summed E-state index contributed by atoms with van der Waals surface area (Å²) >= 11 is 0. The Morgan fingerprint density at radius 3 is 2.30 bits per heavy atom. The van der Waals surface area contributed by atoms with E-state index >= 15 is 0 Å². The molecule has 0 spiro atoms. The Kier molecular flexibility index (Phi) is 5.74. The maximum atomic E-state index is 11.0. The summed E-state index contributed by atoms with van der Waals surface area (Å²) < 4.78 is 0. The standard InChI is InChI=1S/C18H22N4O/c1-13-5-3-4-6-16(13)12-22-18(20-2)21-11-14-7-9-15(10-8-14)17(19)23/h3-10H,11-12H2,1-2H3,(H2,19,23)(H2,20,21,22). The van der Waals surface area contributed by atoms with Crippen LogP contribution in [0.1, 0.15) is 27.0 Å². The Labute approximate surface area is 136 Å². The number of aryl methyl sites for hydroxylation is 1. The maximum Gasteiger partial charge on any atom is 0.248 e. The number of rotatable bonds is 5. The molecule has 23 heavy (non-hydrogen) atoms. The first kappa shape index (κ1) is 16.5. The molecule has 1 amide bonds. The smallest absolute Gasteiger partial charge is 0.248 e. The monoisotopic (exact) mass is 310 g/mol. The lowest BCUT2D eigenvalue weighted by Crippen LogP contribution is -2.36. The van der Waals surface area contributed by atoms with Gasteiger partial charge in [-0.2, -0.15) is 0 Å². The number of primary amides is 1. The average Bonchev–Trinajstić information content (AvgIpc) is 2.57. The predicted octanol–water partition coefficient (Wildman–Crippen LogP) is 1.96. The van der Waals surface area contributed by atoms with Crippen LogP contribution in [0, 0.1) is 6.92 Å². The van der Waals surface area contributed by atoms with Crippen LogP contribution in [0.2, 0.25) is 0 Å². The van der Waals surface area contributed by atoms with Crippen LogP contribution in [-0.2, 0) is 13.1 Å². The van der Waals surface area contributed by atoms with Crippen molar-refractivity contribution in [2.75, 3.05) is 7.05 Å². The van der Waals surface area contributed by atoms with Gasteiger partial charge in [0, 0.05) is 25.7 Å². The van der Waals surface area contributed by atoms with Crippen LogP contribution in [-0.4, -0.2) is 18.9 Å². The number of guanidine groups is 1. The molecule has 0 saturated heterocycles. The third-order valence-corrected chi connectivity index (χ3v) is 3.63. The zero-order valence-electron chi connectivity index (χ0n) is 13.5. The van der Waals surface area contributed by atoms with Gasteiger partial charge in [0.1, 0.15) is 0 Å². The molecule has 0 atom stereocenters. The molecule has 0 fully saturated rings. The summed E-state index contributed by atoms with van der Waals surface area (Å²) in [5.74, 6) is 0.312. The molecular formula is C18H22N4O. The van der Waals surface area contributed by atoms with E-state index in [1.54, 1.807) is 19.2 Å². The van der Waals surface area contributed by atoms with Gasteiger partial charge in [-0.3, -0.25) is 9.79 Å². The van der Waals surface area contributed by atoms with Crippen molar-refractivity contribution in [2.45, 2.75) is 20.0 Å². The lowest BCUT2D eigenvalue weighted by molar-refractivity contribution is 0.100. The number of carbonyl (C=O) groups is 1. The van der Waals surface area contributed by atoms with Crippen molar-refractivity contribution in [2.24, 2.45) is 10.7 Å². The number of nitrogens with two attached hydrogens (primary N) is 1. The fourth-order valence-corrected chi connectivity index (χ4v) is 2.18. The second kappa shape index (κ2) is 7.98. The predicted molar refractivity (Wildman–Crippen MR) is 93.2 cm³/mol. The van der Waals surface area contributed by atoms with Crippen molar-refractivity contribution in [3.05, 3.63) is 70.8 Å². The third kappa shape index (κ3) is 4.85. The Balaban J connectivity index is 1.88. The zero-order chi connectivity index (χ0) is 16.7. The van der Waals surface area contributed by atoms with Crippen LogP contribution in [0.3, 0.4) is 0 Å².